The molecule has 36 heavy (non-hydrogen) atoms. The first kappa shape index (κ1) is 25.5. The number of carbonyl (C=O) groups excluding carboxylic acids is 2. The maximum absolute atomic E-state index is 12.8. The fourth-order valence-corrected chi connectivity index (χ4v) is 3.83. The Morgan fingerprint density at radius 3 is 2.31 bits per heavy atom. The van der Waals surface area contributed by atoms with Gasteiger partial charge in [0.05, 0.1) is 13.2 Å². The first-order valence-corrected chi connectivity index (χ1v) is 12.4. The molecule has 0 spiro atoms. The van der Waals surface area contributed by atoms with Gasteiger partial charge in [0.2, 0.25) is 0 Å². The molecule has 3 aromatic rings. The maximum Gasteiger partial charge on any atom is 0.267 e. The van der Waals surface area contributed by atoms with Crippen molar-refractivity contribution in [3.05, 3.63) is 106 Å². The highest BCUT2D eigenvalue weighted by Crippen LogP contribution is 2.39. The molecular formula is C29H29ClN2O4. The second kappa shape index (κ2) is 12.4. The first-order valence-electron chi connectivity index (χ1n) is 12.0. The molecule has 0 bridgehead atoms. The molecule has 3 aromatic carbocycles. The molecular weight excluding hydrogens is 476 g/mol. The third-order valence-electron chi connectivity index (χ3n) is 5.88. The quantitative estimate of drug-likeness (QED) is 0.330. The van der Waals surface area contributed by atoms with Gasteiger partial charge >= 0.3 is 0 Å². The van der Waals surface area contributed by atoms with Crippen molar-refractivity contribution in [1.29, 1.82) is 0 Å². The summed E-state index contributed by atoms with van der Waals surface area (Å²) in [4.78, 5) is 25.4. The number of ether oxygens (including phenoxy) is 1. The van der Waals surface area contributed by atoms with Crippen LogP contribution in [0, 0.1) is 0 Å². The lowest BCUT2D eigenvalue weighted by Gasteiger charge is -2.11. The Kier molecular flexibility index (Phi) is 8.76. The van der Waals surface area contributed by atoms with Crippen LogP contribution in [-0.4, -0.2) is 36.7 Å². The van der Waals surface area contributed by atoms with Gasteiger partial charge in [0.25, 0.3) is 11.8 Å². The average molecular weight is 505 g/mol. The second-order valence-electron chi connectivity index (χ2n) is 8.68. The summed E-state index contributed by atoms with van der Waals surface area (Å²) in [6.45, 7) is 0.401. The van der Waals surface area contributed by atoms with Crippen LogP contribution in [0.4, 0.5) is 0 Å². The molecule has 7 heteroatoms. The molecule has 0 radical (unpaired) electrons. The smallest absolute Gasteiger partial charge is 0.267 e. The van der Waals surface area contributed by atoms with Gasteiger partial charge in [-0.05, 0) is 77.9 Å². The average Bonchev–Trinajstić information content (AvgIpc) is 3.74. The molecule has 2 amide bonds. The summed E-state index contributed by atoms with van der Waals surface area (Å²) in [5, 5.41) is 14.8. The minimum absolute atomic E-state index is 0.0591. The first-order chi connectivity index (χ1) is 17.5. The van der Waals surface area contributed by atoms with Crippen LogP contribution in [0.2, 0.25) is 5.02 Å². The van der Waals surface area contributed by atoms with Crippen molar-refractivity contribution in [1.82, 2.24) is 10.6 Å². The molecule has 1 fully saturated rings. The van der Waals surface area contributed by atoms with Crippen molar-refractivity contribution in [2.75, 3.05) is 19.8 Å². The van der Waals surface area contributed by atoms with Crippen molar-refractivity contribution in [3.8, 4) is 5.75 Å². The van der Waals surface area contributed by atoms with E-state index in [1.807, 2.05) is 0 Å². The number of carbonyl (C=O) groups is 2. The minimum atomic E-state index is -0.502. The predicted octanol–water partition coefficient (Wildman–Crippen LogP) is 4.72. The number of benzene rings is 3. The van der Waals surface area contributed by atoms with Crippen LogP contribution in [-0.2, 0) is 11.2 Å². The molecule has 1 saturated carbocycles. The molecule has 1 aliphatic rings. The predicted molar refractivity (Wildman–Crippen MR) is 141 cm³/mol. The van der Waals surface area contributed by atoms with Crippen LogP contribution in [0.3, 0.4) is 0 Å². The van der Waals surface area contributed by atoms with Crippen LogP contribution in [0.15, 0.2) is 78.5 Å². The molecule has 3 N–H and O–H groups in total. The van der Waals surface area contributed by atoms with Gasteiger partial charge in [0.1, 0.15) is 11.4 Å². The van der Waals surface area contributed by atoms with Gasteiger partial charge in [-0.3, -0.25) is 9.59 Å². The lowest BCUT2D eigenvalue weighted by Crippen LogP contribution is -2.36. The number of hydrogen-bond acceptors (Lipinski definition) is 4. The monoisotopic (exact) mass is 504 g/mol. The topological polar surface area (TPSA) is 87.7 Å². The SMILES string of the molecule is O=C(NCCO)/C(=C/c1ccc(Cl)cc1)NC(=O)c1ccc(OCCc2ccc(C3CC3)cc2)cc1. The van der Waals surface area contributed by atoms with Crippen molar-refractivity contribution < 1.29 is 19.4 Å². The highest BCUT2D eigenvalue weighted by molar-refractivity contribution is 6.30. The zero-order valence-corrected chi connectivity index (χ0v) is 20.6. The summed E-state index contributed by atoms with van der Waals surface area (Å²) in [6, 6.07) is 22.4. The Morgan fingerprint density at radius 2 is 1.67 bits per heavy atom. The summed E-state index contributed by atoms with van der Waals surface area (Å²) in [6.07, 6.45) is 4.95. The van der Waals surface area contributed by atoms with E-state index >= 15 is 0 Å². The number of aliphatic hydroxyl groups excluding tert-OH is 1. The van der Waals surface area contributed by atoms with E-state index in [0.717, 1.165) is 12.3 Å². The van der Waals surface area contributed by atoms with Crippen LogP contribution in [0.5, 0.6) is 5.75 Å². The molecule has 0 atom stereocenters. The van der Waals surface area contributed by atoms with E-state index in [-0.39, 0.29) is 18.8 Å². The van der Waals surface area contributed by atoms with E-state index in [2.05, 4.69) is 34.9 Å². The van der Waals surface area contributed by atoms with Crippen molar-refractivity contribution >= 4 is 29.5 Å². The van der Waals surface area contributed by atoms with Crippen LogP contribution >= 0.6 is 11.6 Å². The van der Waals surface area contributed by atoms with Gasteiger partial charge in [-0.2, -0.15) is 0 Å². The molecule has 0 heterocycles. The Balaban J connectivity index is 1.34. The summed E-state index contributed by atoms with van der Waals surface area (Å²) in [5.41, 5.74) is 3.79. The van der Waals surface area contributed by atoms with Gasteiger partial charge < -0.3 is 20.5 Å². The van der Waals surface area contributed by atoms with Gasteiger partial charge in [-0.25, -0.2) is 0 Å². The zero-order valence-electron chi connectivity index (χ0n) is 19.9. The third-order valence-corrected chi connectivity index (χ3v) is 6.13. The Hall–Kier alpha value is -3.61. The number of nitrogens with one attached hydrogen (secondary N) is 2. The third kappa shape index (κ3) is 7.44. The van der Waals surface area contributed by atoms with E-state index in [1.54, 1.807) is 54.6 Å². The van der Waals surface area contributed by atoms with E-state index in [4.69, 9.17) is 21.4 Å². The molecule has 1 aliphatic carbocycles. The summed E-state index contributed by atoms with van der Waals surface area (Å²) in [7, 11) is 0. The van der Waals surface area contributed by atoms with Gasteiger partial charge in [0.15, 0.2) is 0 Å². The number of amides is 2. The van der Waals surface area contributed by atoms with E-state index in [1.165, 1.54) is 24.0 Å². The van der Waals surface area contributed by atoms with E-state index < -0.39 is 11.8 Å². The van der Waals surface area contributed by atoms with Crippen molar-refractivity contribution in [2.45, 2.75) is 25.2 Å². The molecule has 0 aromatic heterocycles. The highest BCUT2D eigenvalue weighted by Gasteiger charge is 2.22. The van der Waals surface area contributed by atoms with Gasteiger partial charge in [-0.15, -0.1) is 0 Å². The molecule has 0 aliphatic heterocycles. The molecule has 6 nitrogen and oxygen atoms in total. The molecule has 0 unspecified atom stereocenters. The molecule has 4 rings (SSSR count). The van der Waals surface area contributed by atoms with Crippen LogP contribution in [0.25, 0.3) is 6.08 Å². The molecule has 186 valence electrons. The Labute approximate surface area is 215 Å². The van der Waals surface area contributed by atoms with Gasteiger partial charge in [-0.1, -0.05) is 48.0 Å². The molecule has 0 saturated heterocycles. The van der Waals surface area contributed by atoms with Crippen LogP contribution in [0.1, 0.15) is 45.8 Å². The second-order valence-corrected chi connectivity index (χ2v) is 9.12. The fraction of sp³-hybridized carbons (Fsp3) is 0.241. The normalized spacial score (nSPS) is 13.2. The van der Waals surface area contributed by atoms with E-state index in [9.17, 15) is 9.59 Å². The lowest BCUT2D eigenvalue weighted by molar-refractivity contribution is -0.117. The fourth-order valence-electron chi connectivity index (χ4n) is 3.71. The minimum Gasteiger partial charge on any atom is -0.493 e. The summed E-state index contributed by atoms with van der Waals surface area (Å²) < 4.78 is 5.85. The highest BCUT2D eigenvalue weighted by atomic mass is 35.5. The zero-order chi connectivity index (χ0) is 25.3. The Bertz CT molecular complexity index is 1200. The van der Waals surface area contributed by atoms with Crippen molar-refractivity contribution in [3.63, 3.8) is 0 Å². The number of rotatable bonds is 11. The number of aliphatic hydroxyl groups is 1. The standard InChI is InChI=1S/C29H29ClN2O4/c30-25-11-3-21(4-12-25)19-27(29(35)31-16-17-33)32-28(34)24-9-13-26(14-10-24)36-18-15-20-1-5-22(6-2-20)23-7-8-23/h1-6,9-14,19,23,33H,7-8,15-18H2,(H,31,35)(H,32,34)/b27-19-. The number of halogens is 1. The Morgan fingerprint density at radius 1 is 0.972 bits per heavy atom. The largest absolute Gasteiger partial charge is 0.493 e. The van der Waals surface area contributed by atoms with Crippen molar-refractivity contribution in [2.24, 2.45) is 0 Å². The lowest BCUT2D eigenvalue weighted by atomic mass is 10.1. The summed E-state index contributed by atoms with van der Waals surface area (Å²) >= 11 is 5.93. The van der Waals surface area contributed by atoms with Gasteiger partial charge in [0, 0.05) is 23.6 Å². The van der Waals surface area contributed by atoms with Crippen LogP contribution < -0.4 is 15.4 Å². The maximum atomic E-state index is 12.8. The summed E-state index contributed by atoms with van der Waals surface area (Å²) in [5.74, 6) is 0.484. The number of hydrogen-bond donors (Lipinski definition) is 3. The van der Waals surface area contributed by atoms with E-state index in [0.29, 0.717) is 28.5 Å².